The van der Waals surface area contributed by atoms with Crippen LogP contribution in [0.1, 0.15) is 52.4 Å². The zero-order chi connectivity index (χ0) is 29.2. The molecule has 0 spiro atoms. The van der Waals surface area contributed by atoms with Crippen LogP contribution in [0.25, 0.3) is 0 Å². The van der Waals surface area contributed by atoms with Crippen molar-refractivity contribution in [3.63, 3.8) is 0 Å². The molecule has 2 aliphatic rings. The molecular weight excluding hydrogens is 536 g/mol. The van der Waals surface area contributed by atoms with Crippen molar-refractivity contribution in [1.82, 2.24) is 0 Å². The van der Waals surface area contributed by atoms with E-state index in [4.69, 9.17) is 9.47 Å². The van der Waals surface area contributed by atoms with E-state index in [9.17, 15) is 46.0 Å². The molecule has 0 aromatic heterocycles. The zero-order valence-corrected chi connectivity index (χ0v) is 21.3. The highest BCUT2D eigenvalue weighted by molar-refractivity contribution is 5.63. The highest BCUT2D eigenvalue weighted by Gasteiger charge is 2.40. The number of rotatable bonds is 3. The number of aliphatic hydroxyl groups excluding tert-OH is 1. The van der Waals surface area contributed by atoms with Crippen molar-refractivity contribution in [1.29, 1.82) is 0 Å². The second kappa shape index (κ2) is 9.49. The van der Waals surface area contributed by atoms with E-state index >= 15 is 0 Å². The van der Waals surface area contributed by atoms with Gasteiger partial charge in [-0.2, -0.15) is 0 Å². The van der Waals surface area contributed by atoms with E-state index in [2.05, 4.69) is 0 Å². The van der Waals surface area contributed by atoms with Gasteiger partial charge in [0.25, 0.3) is 0 Å². The zero-order valence-electron chi connectivity index (χ0n) is 21.3. The van der Waals surface area contributed by atoms with Crippen molar-refractivity contribution in [3.8, 4) is 57.5 Å². The van der Waals surface area contributed by atoms with Crippen molar-refractivity contribution >= 4 is 0 Å². The Bertz CT molecular complexity index is 1660. The summed E-state index contributed by atoms with van der Waals surface area (Å²) in [5.74, 6) is -3.62. The molecule has 212 valence electrons. The standard InChI is InChI=1S/C30H26O11/c31-14-2-3-15-16(10-25(40-26(15)8-14)12-1-4-18(32)20(34)5-12)27-21(35)11-19(33)17-9-24(38)29(41-30(17)27)13-6-22(36)28(39)23(37)7-13/h1-8,11,16,24-25,29,31-39H,9-10H2. The lowest BCUT2D eigenvalue weighted by molar-refractivity contribution is 0.0183. The molecule has 4 unspecified atom stereocenters. The molecule has 0 fully saturated rings. The van der Waals surface area contributed by atoms with Crippen molar-refractivity contribution in [2.45, 2.75) is 37.1 Å². The predicted octanol–water partition coefficient (Wildman–Crippen LogP) is 4.02. The maximum absolute atomic E-state index is 11.2. The summed E-state index contributed by atoms with van der Waals surface area (Å²) in [6.07, 6.45) is -3.02. The first kappa shape index (κ1) is 26.1. The number of hydrogen-bond donors (Lipinski definition) is 9. The molecule has 4 aromatic carbocycles. The first-order valence-electron chi connectivity index (χ1n) is 12.7. The van der Waals surface area contributed by atoms with Gasteiger partial charge in [0.1, 0.15) is 34.9 Å². The normalized spacial score (nSPS) is 21.3. The maximum atomic E-state index is 11.2. The lowest BCUT2D eigenvalue weighted by atomic mass is 9.79. The number of fused-ring (bicyclic) bond motifs is 2. The topological polar surface area (TPSA) is 201 Å². The predicted molar refractivity (Wildman–Crippen MR) is 142 cm³/mol. The van der Waals surface area contributed by atoms with Crippen LogP contribution in [0.4, 0.5) is 0 Å². The van der Waals surface area contributed by atoms with Crippen LogP contribution in [0.2, 0.25) is 0 Å². The Morgan fingerprint density at radius 1 is 0.634 bits per heavy atom. The van der Waals surface area contributed by atoms with Crippen LogP contribution in [0, 0.1) is 0 Å². The summed E-state index contributed by atoms with van der Waals surface area (Å²) in [6, 6.07) is 12.2. The van der Waals surface area contributed by atoms with Crippen molar-refractivity contribution in [2.75, 3.05) is 0 Å². The Morgan fingerprint density at radius 2 is 1.34 bits per heavy atom. The van der Waals surface area contributed by atoms with Gasteiger partial charge in [-0.15, -0.1) is 0 Å². The van der Waals surface area contributed by atoms with Gasteiger partial charge in [0, 0.05) is 46.7 Å². The van der Waals surface area contributed by atoms with Crippen LogP contribution in [-0.2, 0) is 6.42 Å². The number of aliphatic hydroxyl groups is 1. The van der Waals surface area contributed by atoms with Crippen LogP contribution >= 0.6 is 0 Å². The Morgan fingerprint density at radius 3 is 2.05 bits per heavy atom. The van der Waals surface area contributed by atoms with E-state index in [0.29, 0.717) is 16.9 Å². The van der Waals surface area contributed by atoms with E-state index < -0.39 is 41.5 Å². The number of phenolic OH excluding ortho intramolecular Hbond substituents is 8. The largest absolute Gasteiger partial charge is 0.508 e. The average Bonchev–Trinajstić information content (AvgIpc) is 2.92. The van der Waals surface area contributed by atoms with Crippen LogP contribution < -0.4 is 9.47 Å². The molecule has 0 saturated heterocycles. The molecular formula is C30H26O11. The van der Waals surface area contributed by atoms with Crippen LogP contribution in [0.5, 0.6) is 57.5 Å². The van der Waals surface area contributed by atoms with Crippen LogP contribution in [-0.4, -0.2) is 52.1 Å². The molecule has 4 aromatic rings. The first-order chi connectivity index (χ1) is 19.5. The average molecular weight is 563 g/mol. The first-order valence-corrected chi connectivity index (χ1v) is 12.7. The Kier molecular flexibility index (Phi) is 6.04. The van der Waals surface area contributed by atoms with Gasteiger partial charge >= 0.3 is 0 Å². The fraction of sp³-hybridized carbons (Fsp3) is 0.200. The number of aromatic hydroxyl groups is 8. The number of phenols is 8. The summed E-state index contributed by atoms with van der Waals surface area (Å²) in [5, 5.41) is 92.7. The van der Waals surface area contributed by atoms with E-state index in [1.807, 2.05) is 0 Å². The molecule has 0 amide bonds. The third-order valence-corrected chi connectivity index (χ3v) is 7.62. The fourth-order valence-electron chi connectivity index (χ4n) is 5.63. The van der Waals surface area contributed by atoms with Gasteiger partial charge in [-0.3, -0.25) is 0 Å². The van der Waals surface area contributed by atoms with Gasteiger partial charge < -0.3 is 55.4 Å². The van der Waals surface area contributed by atoms with Crippen molar-refractivity contribution < 1.29 is 55.4 Å². The van der Waals surface area contributed by atoms with Crippen LogP contribution in [0.15, 0.2) is 54.6 Å². The second-order valence-electron chi connectivity index (χ2n) is 10.2. The third kappa shape index (κ3) is 4.36. The van der Waals surface area contributed by atoms with Crippen molar-refractivity contribution in [2.24, 2.45) is 0 Å². The molecule has 9 N–H and O–H groups in total. The van der Waals surface area contributed by atoms with E-state index in [1.165, 1.54) is 24.3 Å². The molecule has 0 saturated carbocycles. The van der Waals surface area contributed by atoms with Crippen LogP contribution in [0.3, 0.4) is 0 Å². The molecule has 2 heterocycles. The summed E-state index contributed by atoms with van der Waals surface area (Å²) in [7, 11) is 0. The van der Waals surface area contributed by atoms with Gasteiger partial charge in [-0.1, -0.05) is 12.1 Å². The fourth-order valence-corrected chi connectivity index (χ4v) is 5.63. The molecule has 2 aliphatic heterocycles. The summed E-state index contributed by atoms with van der Waals surface area (Å²) >= 11 is 0. The molecule has 0 aliphatic carbocycles. The molecule has 11 nitrogen and oxygen atoms in total. The maximum Gasteiger partial charge on any atom is 0.200 e. The summed E-state index contributed by atoms with van der Waals surface area (Å²) in [5.41, 5.74) is 1.70. The van der Waals surface area contributed by atoms with Gasteiger partial charge in [0.05, 0.1) is 6.10 Å². The molecule has 11 heteroatoms. The van der Waals surface area contributed by atoms with Gasteiger partial charge in [-0.25, -0.2) is 0 Å². The number of hydrogen-bond acceptors (Lipinski definition) is 11. The number of ether oxygens (including phenoxy) is 2. The van der Waals surface area contributed by atoms with E-state index in [1.54, 1.807) is 12.1 Å². The summed E-state index contributed by atoms with van der Waals surface area (Å²) in [4.78, 5) is 0. The minimum atomic E-state index is -1.24. The lowest BCUT2D eigenvalue weighted by Crippen LogP contribution is -2.31. The quantitative estimate of drug-likeness (QED) is 0.163. The highest BCUT2D eigenvalue weighted by atomic mass is 16.5. The third-order valence-electron chi connectivity index (χ3n) is 7.62. The minimum absolute atomic E-state index is 0.0694. The SMILES string of the molecule is Oc1ccc2c(c1)OC(c1ccc(O)c(O)c1)CC2c1c(O)cc(O)c2c1OC(c1cc(O)c(O)c(O)c1)C(O)C2. The Balaban J connectivity index is 1.50. The Labute approximate surface area is 232 Å². The van der Waals surface area contributed by atoms with E-state index in [-0.39, 0.29) is 64.0 Å². The van der Waals surface area contributed by atoms with Crippen molar-refractivity contribution in [3.05, 3.63) is 82.4 Å². The summed E-state index contributed by atoms with van der Waals surface area (Å²) in [6.45, 7) is 0. The number of benzene rings is 4. The van der Waals surface area contributed by atoms with Gasteiger partial charge in [0.15, 0.2) is 34.9 Å². The van der Waals surface area contributed by atoms with Gasteiger partial charge in [0.2, 0.25) is 0 Å². The molecule has 41 heavy (non-hydrogen) atoms. The molecule has 4 atom stereocenters. The Hall–Kier alpha value is -5.16. The smallest absolute Gasteiger partial charge is 0.200 e. The minimum Gasteiger partial charge on any atom is -0.508 e. The highest BCUT2D eigenvalue weighted by Crippen LogP contribution is 2.55. The second-order valence-corrected chi connectivity index (χ2v) is 10.2. The monoisotopic (exact) mass is 562 g/mol. The van der Waals surface area contributed by atoms with E-state index in [0.717, 1.165) is 18.2 Å². The molecule has 0 bridgehead atoms. The van der Waals surface area contributed by atoms with Gasteiger partial charge in [-0.05, 0) is 42.3 Å². The summed E-state index contributed by atoms with van der Waals surface area (Å²) < 4.78 is 12.4. The molecule has 6 rings (SSSR count). The molecule has 0 radical (unpaired) electrons. The lowest BCUT2D eigenvalue weighted by Gasteiger charge is -2.37.